The Hall–Kier alpha value is -1.10. The minimum Gasteiger partial charge on any atom is -0.399 e. The normalized spacial score (nSPS) is 22.9. The second kappa shape index (κ2) is 5.36. The summed E-state index contributed by atoms with van der Waals surface area (Å²) in [5, 5.41) is 9.72. The first-order chi connectivity index (χ1) is 9.23. The fourth-order valence-corrected chi connectivity index (χ4v) is 2.17. The van der Waals surface area contributed by atoms with Crippen LogP contribution in [0.4, 0.5) is 0 Å². The van der Waals surface area contributed by atoms with E-state index in [0.29, 0.717) is 0 Å². The molecular formula is C16H23BO3. The Kier molecular flexibility index (Phi) is 4.10. The van der Waals surface area contributed by atoms with E-state index in [-0.39, 0.29) is 11.2 Å². The highest BCUT2D eigenvalue weighted by Gasteiger charge is 2.52. The summed E-state index contributed by atoms with van der Waals surface area (Å²) in [7, 11) is -0.461. The number of aliphatic hydroxyl groups is 1. The Bertz CT molecular complexity index is 476. The number of aliphatic hydroxyl groups excluding tert-OH is 1. The summed E-state index contributed by atoms with van der Waals surface area (Å²) in [6.07, 6.45) is 1.24. The van der Waals surface area contributed by atoms with E-state index in [2.05, 4.69) is 0 Å². The van der Waals surface area contributed by atoms with Crippen LogP contribution < -0.4 is 0 Å². The average molecular weight is 274 g/mol. The Morgan fingerprint density at radius 2 is 1.60 bits per heavy atom. The van der Waals surface area contributed by atoms with Gasteiger partial charge in [0.1, 0.15) is 0 Å². The molecule has 3 nitrogen and oxygen atoms in total. The van der Waals surface area contributed by atoms with E-state index in [1.54, 1.807) is 13.0 Å². The predicted octanol–water partition coefficient (Wildman–Crippen LogP) is 3.08. The third-order valence-corrected chi connectivity index (χ3v) is 4.04. The zero-order valence-corrected chi connectivity index (χ0v) is 12.9. The number of hydrogen-bond donors (Lipinski definition) is 1. The second-order valence-electron chi connectivity index (χ2n) is 6.32. The van der Waals surface area contributed by atoms with Crippen molar-refractivity contribution in [1.29, 1.82) is 0 Å². The number of hydrogen-bond acceptors (Lipinski definition) is 3. The minimum atomic E-state index is -0.552. The molecule has 2 rings (SSSR count). The maximum Gasteiger partial charge on any atom is 0.495 e. The topological polar surface area (TPSA) is 38.7 Å². The van der Waals surface area contributed by atoms with Crippen LogP contribution in [-0.4, -0.2) is 29.5 Å². The monoisotopic (exact) mass is 274 g/mol. The highest BCUT2D eigenvalue weighted by atomic mass is 16.7. The molecule has 1 aromatic rings. The standard InChI is InChI=1S/C16H23BO3/c1-12(18)11-14(13-9-7-6-8-10-13)17-19-15(2,3)16(4,5)20-17/h6-12,18H,1-5H3/b14-11+. The quantitative estimate of drug-likeness (QED) is 0.861. The molecule has 1 N–H and O–H groups in total. The van der Waals surface area contributed by atoms with Gasteiger partial charge in [0.2, 0.25) is 0 Å². The van der Waals surface area contributed by atoms with Gasteiger partial charge in [-0.1, -0.05) is 36.4 Å². The van der Waals surface area contributed by atoms with E-state index >= 15 is 0 Å². The van der Waals surface area contributed by atoms with E-state index in [4.69, 9.17) is 9.31 Å². The smallest absolute Gasteiger partial charge is 0.399 e. The summed E-state index contributed by atoms with van der Waals surface area (Å²) in [4.78, 5) is 0. The van der Waals surface area contributed by atoms with Gasteiger partial charge in [0.25, 0.3) is 0 Å². The summed E-state index contributed by atoms with van der Waals surface area (Å²) < 4.78 is 12.2. The summed E-state index contributed by atoms with van der Waals surface area (Å²) in [5.41, 5.74) is 1.11. The Labute approximate surface area is 121 Å². The van der Waals surface area contributed by atoms with Crippen LogP contribution >= 0.6 is 0 Å². The molecule has 1 aromatic carbocycles. The molecule has 1 aliphatic rings. The van der Waals surface area contributed by atoms with E-state index < -0.39 is 13.2 Å². The van der Waals surface area contributed by atoms with Gasteiger partial charge in [-0.3, -0.25) is 0 Å². The predicted molar refractivity (Wildman–Crippen MR) is 82.2 cm³/mol. The van der Waals surface area contributed by atoms with Crippen LogP contribution in [0.1, 0.15) is 40.2 Å². The first kappa shape index (κ1) is 15.3. The zero-order valence-electron chi connectivity index (χ0n) is 12.9. The molecule has 0 aliphatic carbocycles. The minimum absolute atomic E-state index is 0.385. The molecule has 108 valence electrons. The molecule has 1 unspecified atom stereocenters. The van der Waals surface area contributed by atoms with Crippen molar-refractivity contribution in [1.82, 2.24) is 0 Å². The molecule has 0 saturated carbocycles. The van der Waals surface area contributed by atoms with Crippen molar-refractivity contribution in [2.45, 2.75) is 51.9 Å². The summed E-state index contributed by atoms with van der Waals surface area (Å²) >= 11 is 0. The van der Waals surface area contributed by atoms with Crippen LogP contribution in [0.15, 0.2) is 36.4 Å². The van der Waals surface area contributed by atoms with E-state index in [1.807, 2.05) is 58.0 Å². The van der Waals surface area contributed by atoms with Crippen LogP contribution in [0.2, 0.25) is 0 Å². The van der Waals surface area contributed by atoms with Gasteiger partial charge in [-0.05, 0) is 45.7 Å². The fraction of sp³-hybridized carbons (Fsp3) is 0.500. The summed E-state index contributed by atoms with van der Waals surface area (Å²) in [6, 6.07) is 9.90. The fourth-order valence-electron chi connectivity index (χ4n) is 2.17. The van der Waals surface area contributed by atoms with Crippen molar-refractivity contribution in [3.05, 3.63) is 42.0 Å². The molecular weight excluding hydrogens is 251 g/mol. The molecule has 20 heavy (non-hydrogen) atoms. The third-order valence-electron chi connectivity index (χ3n) is 4.04. The van der Waals surface area contributed by atoms with E-state index in [0.717, 1.165) is 11.0 Å². The van der Waals surface area contributed by atoms with Crippen LogP contribution in [0.25, 0.3) is 5.47 Å². The lowest BCUT2D eigenvalue weighted by Gasteiger charge is -2.32. The lowest BCUT2D eigenvalue weighted by atomic mass is 9.73. The molecule has 4 heteroatoms. The van der Waals surface area contributed by atoms with Crippen molar-refractivity contribution >= 4 is 12.6 Å². The maximum atomic E-state index is 9.72. The molecule has 0 radical (unpaired) electrons. The van der Waals surface area contributed by atoms with Gasteiger partial charge in [0.05, 0.1) is 17.3 Å². The van der Waals surface area contributed by atoms with Crippen molar-refractivity contribution < 1.29 is 14.4 Å². The molecule has 1 fully saturated rings. The third kappa shape index (κ3) is 2.98. The molecule has 1 heterocycles. The molecule has 0 bridgehead atoms. The second-order valence-corrected chi connectivity index (χ2v) is 6.32. The van der Waals surface area contributed by atoms with Crippen LogP contribution in [0.3, 0.4) is 0 Å². The molecule has 1 aliphatic heterocycles. The van der Waals surface area contributed by atoms with Crippen molar-refractivity contribution in [3.8, 4) is 0 Å². The molecule has 0 aromatic heterocycles. The highest BCUT2D eigenvalue weighted by Crippen LogP contribution is 2.40. The molecule has 1 saturated heterocycles. The van der Waals surface area contributed by atoms with Gasteiger partial charge >= 0.3 is 7.12 Å². The van der Waals surface area contributed by atoms with Crippen LogP contribution in [0, 0.1) is 0 Å². The van der Waals surface area contributed by atoms with Crippen molar-refractivity contribution in [2.75, 3.05) is 0 Å². The van der Waals surface area contributed by atoms with E-state index in [1.165, 1.54) is 0 Å². The number of benzene rings is 1. The molecule has 0 spiro atoms. The Morgan fingerprint density at radius 3 is 2.05 bits per heavy atom. The van der Waals surface area contributed by atoms with Gasteiger partial charge in [-0.25, -0.2) is 0 Å². The van der Waals surface area contributed by atoms with Gasteiger partial charge in [0.15, 0.2) is 0 Å². The first-order valence-electron chi connectivity index (χ1n) is 7.04. The number of rotatable bonds is 3. The maximum absolute atomic E-state index is 9.72. The lowest BCUT2D eigenvalue weighted by Crippen LogP contribution is -2.41. The SMILES string of the molecule is CC(O)/C=C(/B1OC(C)(C)C(C)(C)O1)c1ccccc1. The van der Waals surface area contributed by atoms with Gasteiger partial charge in [0, 0.05) is 0 Å². The van der Waals surface area contributed by atoms with Crippen molar-refractivity contribution in [3.63, 3.8) is 0 Å². The van der Waals surface area contributed by atoms with Gasteiger partial charge in [-0.15, -0.1) is 0 Å². The van der Waals surface area contributed by atoms with Crippen LogP contribution in [0.5, 0.6) is 0 Å². The van der Waals surface area contributed by atoms with Crippen molar-refractivity contribution in [2.24, 2.45) is 0 Å². The Balaban J connectivity index is 2.36. The lowest BCUT2D eigenvalue weighted by molar-refractivity contribution is 0.00578. The Morgan fingerprint density at radius 1 is 1.10 bits per heavy atom. The zero-order chi connectivity index (χ0) is 15.0. The summed E-state index contributed by atoms with van der Waals surface area (Å²) in [6.45, 7) is 9.83. The first-order valence-corrected chi connectivity index (χ1v) is 7.04. The van der Waals surface area contributed by atoms with Crippen LogP contribution in [-0.2, 0) is 9.31 Å². The van der Waals surface area contributed by atoms with E-state index in [9.17, 15) is 5.11 Å². The summed E-state index contributed by atoms with van der Waals surface area (Å²) in [5.74, 6) is 0. The largest absolute Gasteiger partial charge is 0.495 e. The highest BCUT2D eigenvalue weighted by molar-refractivity contribution is 6.68. The van der Waals surface area contributed by atoms with Gasteiger partial charge < -0.3 is 14.4 Å². The van der Waals surface area contributed by atoms with Gasteiger partial charge in [-0.2, -0.15) is 0 Å². The average Bonchev–Trinajstić information content (AvgIpc) is 2.56. The molecule has 1 atom stereocenters. The molecule has 0 amide bonds.